The molecule has 2 aromatic carbocycles. The molecule has 3 N–H and O–H groups in total. The van der Waals surface area contributed by atoms with Crippen LogP contribution in [-0.4, -0.2) is 18.9 Å². The average molecular weight is 367 g/mol. The highest BCUT2D eigenvalue weighted by molar-refractivity contribution is 5.90. The summed E-state index contributed by atoms with van der Waals surface area (Å²) in [6, 6.07) is 14.3. The zero-order valence-corrected chi connectivity index (χ0v) is 16.7. The molecule has 0 radical (unpaired) electrons. The average Bonchev–Trinajstić information content (AvgIpc) is 2.64. The van der Waals surface area contributed by atoms with Gasteiger partial charge in [0, 0.05) is 32.2 Å². The van der Waals surface area contributed by atoms with E-state index in [0.717, 1.165) is 30.2 Å². The molecule has 0 unspecified atom stereocenters. The van der Waals surface area contributed by atoms with E-state index in [1.54, 1.807) is 7.05 Å². The van der Waals surface area contributed by atoms with Gasteiger partial charge in [-0.3, -0.25) is 9.79 Å². The van der Waals surface area contributed by atoms with Crippen LogP contribution >= 0.6 is 0 Å². The van der Waals surface area contributed by atoms with Crippen molar-refractivity contribution in [2.75, 3.05) is 12.4 Å². The third kappa shape index (κ3) is 6.77. The second kappa shape index (κ2) is 10.4. The van der Waals surface area contributed by atoms with Crippen molar-refractivity contribution in [2.45, 2.75) is 46.7 Å². The monoisotopic (exact) mass is 366 g/mol. The number of carbonyl (C=O) groups is 1. The summed E-state index contributed by atoms with van der Waals surface area (Å²) in [6.07, 6.45) is 1.40. The molecule has 0 saturated carbocycles. The number of anilines is 1. The van der Waals surface area contributed by atoms with Crippen LogP contribution in [0.2, 0.25) is 0 Å². The zero-order chi connectivity index (χ0) is 19.6. The summed E-state index contributed by atoms with van der Waals surface area (Å²) >= 11 is 0. The second-order valence-corrected chi connectivity index (χ2v) is 6.70. The van der Waals surface area contributed by atoms with Crippen LogP contribution in [0.5, 0.6) is 0 Å². The van der Waals surface area contributed by atoms with Crippen LogP contribution in [0.1, 0.15) is 42.0 Å². The molecule has 0 aliphatic heterocycles. The van der Waals surface area contributed by atoms with E-state index in [1.807, 2.05) is 31.2 Å². The smallest absolute Gasteiger partial charge is 0.224 e. The van der Waals surface area contributed by atoms with Crippen molar-refractivity contribution >= 4 is 17.6 Å². The molecule has 27 heavy (non-hydrogen) atoms. The summed E-state index contributed by atoms with van der Waals surface area (Å²) in [4.78, 5) is 15.9. The molecule has 2 aromatic rings. The first-order chi connectivity index (χ1) is 13.0. The van der Waals surface area contributed by atoms with Gasteiger partial charge in [0.25, 0.3) is 0 Å². The van der Waals surface area contributed by atoms with Gasteiger partial charge in [-0.1, -0.05) is 42.8 Å². The van der Waals surface area contributed by atoms with Gasteiger partial charge in [-0.25, -0.2) is 0 Å². The summed E-state index contributed by atoms with van der Waals surface area (Å²) in [5, 5.41) is 9.57. The topological polar surface area (TPSA) is 65.5 Å². The van der Waals surface area contributed by atoms with E-state index in [4.69, 9.17) is 0 Å². The second-order valence-electron chi connectivity index (χ2n) is 6.70. The number of benzene rings is 2. The lowest BCUT2D eigenvalue weighted by Crippen LogP contribution is -2.36. The largest absolute Gasteiger partial charge is 0.352 e. The van der Waals surface area contributed by atoms with Crippen LogP contribution in [-0.2, 0) is 17.9 Å². The standard InChI is InChI=1S/C22H30N4O/c1-5-6-21(27)26-20-11-8-18(9-12-20)14-24-22(23-4)25-15-19-10-7-16(2)13-17(19)3/h7-13H,5-6,14-15H2,1-4H3,(H,26,27)(H2,23,24,25). The molecular formula is C22H30N4O. The van der Waals surface area contributed by atoms with Crippen molar-refractivity contribution in [3.63, 3.8) is 0 Å². The lowest BCUT2D eigenvalue weighted by molar-refractivity contribution is -0.116. The van der Waals surface area contributed by atoms with E-state index < -0.39 is 0 Å². The summed E-state index contributed by atoms with van der Waals surface area (Å²) in [5.74, 6) is 0.815. The van der Waals surface area contributed by atoms with E-state index in [9.17, 15) is 4.79 Å². The Morgan fingerprint density at radius 2 is 1.70 bits per heavy atom. The van der Waals surface area contributed by atoms with Crippen LogP contribution in [0.4, 0.5) is 5.69 Å². The van der Waals surface area contributed by atoms with Crippen molar-refractivity contribution in [3.05, 3.63) is 64.7 Å². The Labute approximate surface area is 162 Å². The van der Waals surface area contributed by atoms with Crippen LogP contribution in [0.15, 0.2) is 47.5 Å². The predicted octanol–water partition coefficient (Wildman–Crippen LogP) is 3.91. The summed E-state index contributed by atoms with van der Waals surface area (Å²) in [5.41, 5.74) is 5.76. The van der Waals surface area contributed by atoms with Gasteiger partial charge in [0.1, 0.15) is 0 Å². The molecule has 144 valence electrons. The van der Waals surface area contributed by atoms with Gasteiger partial charge in [-0.2, -0.15) is 0 Å². The van der Waals surface area contributed by atoms with Crippen molar-refractivity contribution in [1.82, 2.24) is 10.6 Å². The van der Waals surface area contributed by atoms with E-state index in [-0.39, 0.29) is 5.91 Å². The number of aryl methyl sites for hydroxylation is 2. The number of nitrogens with one attached hydrogen (secondary N) is 3. The lowest BCUT2D eigenvalue weighted by atomic mass is 10.1. The van der Waals surface area contributed by atoms with Crippen molar-refractivity contribution in [3.8, 4) is 0 Å². The maximum absolute atomic E-state index is 11.6. The number of aliphatic imine (C=N–C) groups is 1. The Balaban J connectivity index is 1.84. The molecule has 0 heterocycles. The number of carbonyl (C=O) groups excluding carboxylic acids is 1. The van der Waals surface area contributed by atoms with E-state index >= 15 is 0 Å². The first-order valence-corrected chi connectivity index (χ1v) is 9.41. The minimum absolute atomic E-state index is 0.0550. The van der Waals surface area contributed by atoms with Gasteiger partial charge < -0.3 is 16.0 Å². The van der Waals surface area contributed by atoms with E-state index in [1.165, 1.54) is 16.7 Å². The number of guanidine groups is 1. The molecule has 0 fully saturated rings. The molecule has 5 heteroatoms. The first-order valence-electron chi connectivity index (χ1n) is 9.41. The summed E-state index contributed by atoms with van der Waals surface area (Å²) in [7, 11) is 1.77. The highest BCUT2D eigenvalue weighted by Crippen LogP contribution is 2.11. The third-order valence-electron chi connectivity index (χ3n) is 4.34. The van der Waals surface area contributed by atoms with E-state index in [0.29, 0.717) is 13.0 Å². The zero-order valence-electron chi connectivity index (χ0n) is 16.7. The van der Waals surface area contributed by atoms with Gasteiger partial charge >= 0.3 is 0 Å². The fourth-order valence-electron chi connectivity index (χ4n) is 2.79. The Morgan fingerprint density at radius 1 is 1.00 bits per heavy atom. The molecule has 0 aliphatic rings. The number of amides is 1. The van der Waals surface area contributed by atoms with Crippen LogP contribution in [0.3, 0.4) is 0 Å². The molecule has 5 nitrogen and oxygen atoms in total. The number of nitrogens with zero attached hydrogens (tertiary/aromatic N) is 1. The minimum Gasteiger partial charge on any atom is -0.352 e. The van der Waals surface area contributed by atoms with Crippen LogP contribution in [0, 0.1) is 13.8 Å². The van der Waals surface area contributed by atoms with Gasteiger partial charge in [-0.05, 0) is 49.1 Å². The van der Waals surface area contributed by atoms with Crippen molar-refractivity contribution < 1.29 is 4.79 Å². The molecule has 0 aromatic heterocycles. The van der Waals surface area contributed by atoms with Gasteiger partial charge in [0.15, 0.2) is 5.96 Å². The van der Waals surface area contributed by atoms with Crippen molar-refractivity contribution in [1.29, 1.82) is 0 Å². The number of hydrogen-bond donors (Lipinski definition) is 3. The highest BCUT2D eigenvalue weighted by atomic mass is 16.1. The minimum atomic E-state index is 0.0550. The molecule has 0 bridgehead atoms. The third-order valence-corrected chi connectivity index (χ3v) is 4.34. The normalized spacial score (nSPS) is 11.2. The number of rotatable bonds is 7. The van der Waals surface area contributed by atoms with Crippen LogP contribution < -0.4 is 16.0 Å². The summed E-state index contributed by atoms with van der Waals surface area (Å²) in [6.45, 7) is 7.62. The Morgan fingerprint density at radius 3 is 2.33 bits per heavy atom. The Kier molecular flexibility index (Phi) is 7.86. The molecule has 0 aliphatic carbocycles. The fraction of sp³-hybridized carbons (Fsp3) is 0.364. The lowest BCUT2D eigenvalue weighted by Gasteiger charge is -2.14. The van der Waals surface area contributed by atoms with Crippen molar-refractivity contribution in [2.24, 2.45) is 4.99 Å². The predicted molar refractivity (Wildman–Crippen MR) is 113 cm³/mol. The molecule has 0 saturated heterocycles. The van der Waals surface area contributed by atoms with Gasteiger partial charge in [-0.15, -0.1) is 0 Å². The highest BCUT2D eigenvalue weighted by Gasteiger charge is 2.03. The van der Waals surface area contributed by atoms with Gasteiger partial charge in [0.2, 0.25) is 5.91 Å². The molecule has 1 amide bonds. The molecule has 0 spiro atoms. The van der Waals surface area contributed by atoms with Gasteiger partial charge in [0.05, 0.1) is 0 Å². The Hall–Kier alpha value is -2.82. The maximum atomic E-state index is 11.6. The molecular weight excluding hydrogens is 336 g/mol. The fourth-order valence-corrected chi connectivity index (χ4v) is 2.79. The Bertz CT molecular complexity index is 781. The quantitative estimate of drug-likeness (QED) is 0.514. The maximum Gasteiger partial charge on any atom is 0.224 e. The molecule has 0 atom stereocenters. The SMILES string of the molecule is CCCC(=O)Nc1ccc(CNC(=NC)NCc2ccc(C)cc2C)cc1. The van der Waals surface area contributed by atoms with Crippen LogP contribution in [0.25, 0.3) is 0 Å². The number of hydrogen-bond acceptors (Lipinski definition) is 2. The van der Waals surface area contributed by atoms with E-state index in [2.05, 4.69) is 53.0 Å². The summed E-state index contributed by atoms with van der Waals surface area (Å²) < 4.78 is 0. The molecule has 2 rings (SSSR count). The first kappa shape index (κ1) is 20.5.